The molecule has 2 heterocycles. The molecule has 0 aliphatic carbocycles. The zero-order chi connectivity index (χ0) is 38.8. The van der Waals surface area contributed by atoms with Crippen LogP contribution >= 0.6 is 0 Å². The molecule has 0 spiro atoms. The van der Waals surface area contributed by atoms with Crippen molar-refractivity contribution in [1.29, 1.82) is 0 Å². The Morgan fingerprint density at radius 3 is 1.15 bits per heavy atom. The van der Waals surface area contributed by atoms with Gasteiger partial charge in [-0.25, -0.2) is 0 Å². The van der Waals surface area contributed by atoms with Crippen LogP contribution in [0.3, 0.4) is 0 Å². The zero-order valence-electron chi connectivity index (χ0n) is 33.8. The molecule has 290 valence electrons. The summed E-state index contributed by atoms with van der Waals surface area (Å²) in [5.41, 5.74) is 0. The van der Waals surface area contributed by atoms with Gasteiger partial charge in [-0.05, 0) is 49.0 Å². The molecule has 2 fully saturated rings. The second kappa shape index (κ2) is 16.4. The largest absolute Gasteiger partial charge is 0.399 e. The third-order valence-electron chi connectivity index (χ3n) is 12.2. The Labute approximate surface area is 327 Å². The van der Waals surface area contributed by atoms with Gasteiger partial charge in [0, 0.05) is 0 Å². The summed E-state index contributed by atoms with van der Waals surface area (Å²) in [6.07, 6.45) is -3.43. The third-order valence-corrected chi connectivity index (χ3v) is 26.8. The van der Waals surface area contributed by atoms with E-state index in [2.05, 4.69) is 184 Å². The Kier molecular flexibility index (Phi) is 12.4. The van der Waals surface area contributed by atoms with Gasteiger partial charge in [-0.3, -0.25) is 0 Å². The van der Waals surface area contributed by atoms with E-state index >= 15 is 0 Å². The zero-order valence-corrected chi connectivity index (χ0v) is 36.8. The number of aliphatic hydroxyl groups is 1. The molecule has 6 nitrogen and oxygen atoms in total. The number of hydrogen-bond acceptors (Lipinski definition) is 6. The summed E-state index contributed by atoms with van der Waals surface area (Å²) < 4.78 is 37.3. The number of ether oxygens (including phenoxy) is 2. The van der Waals surface area contributed by atoms with Crippen LogP contribution in [0, 0.1) is 0 Å². The minimum Gasteiger partial charge on any atom is -0.399 e. The first-order valence-corrected chi connectivity index (χ1v) is 26.3. The standard InChI is InChI=1S/C45H62O6Si3/c1-10-52(11-2,12-3)51-43-42(50-54(45(7,8)9,36-29-21-15-22-30-36)37-31-23-16-24-32-37)41-40(48-43)39(38(33-46)47-41)49-53(44(4,5)6,34-25-17-13-18-26-34)35-27-19-14-20-28-35/h13-32,38-43,46H,10-12,33H2,1-9H3/t38?,39-,40-,41+,42+,43-/m0/s1. The number of fused-ring (bicyclic) bond motifs is 1. The molecule has 0 amide bonds. The van der Waals surface area contributed by atoms with Crippen molar-refractivity contribution in [3.8, 4) is 0 Å². The Bertz CT molecular complexity index is 1670. The Morgan fingerprint density at radius 2 is 0.833 bits per heavy atom. The van der Waals surface area contributed by atoms with Crippen molar-refractivity contribution in [3.63, 3.8) is 0 Å². The van der Waals surface area contributed by atoms with Crippen molar-refractivity contribution >= 4 is 45.7 Å². The van der Waals surface area contributed by atoms with Crippen LogP contribution in [-0.4, -0.2) is 73.5 Å². The monoisotopic (exact) mass is 782 g/mol. The summed E-state index contributed by atoms with van der Waals surface area (Å²) in [5, 5.41) is 15.3. The van der Waals surface area contributed by atoms with Crippen molar-refractivity contribution in [3.05, 3.63) is 121 Å². The van der Waals surface area contributed by atoms with Gasteiger partial charge in [-0.15, -0.1) is 0 Å². The SMILES string of the molecule is CC[Si](CC)(CC)O[C@@H]1O[C@@H]2[C@@H](OC(CO)[C@@H]2O[Si](c2ccccc2)(c2ccccc2)C(C)(C)C)[C@H]1O[Si](c1ccccc1)(c1ccccc1)C(C)(C)C. The average Bonchev–Trinajstić information content (AvgIpc) is 3.69. The van der Waals surface area contributed by atoms with E-state index in [0.29, 0.717) is 0 Å². The highest BCUT2D eigenvalue weighted by molar-refractivity contribution is 7.00. The fourth-order valence-corrected chi connectivity index (χ4v) is 21.2. The Morgan fingerprint density at radius 1 is 0.500 bits per heavy atom. The molecule has 9 heteroatoms. The van der Waals surface area contributed by atoms with Gasteiger partial charge in [-0.2, -0.15) is 0 Å². The smallest absolute Gasteiger partial charge is 0.261 e. The molecule has 0 bridgehead atoms. The van der Waals surface area contributed by atoms with Crippen molar-refractivity contribution in [2.75, 3.05) is 6.61 Å². The molecule has 1 N–H and O–H groups in total. The highest BCUT2D eigenvalue weighted by atomic mass is 28.4. The first-order chi connectivity index (χ1) is 25.8. The lowest BCUT2D eigenvalue weighted by Gasteiger charge is -2.46. The Hall–Kier alpha value is -2.71. The molecule has 4 aromatic rings. The molecule has 2 saturated heterocycles. The molecule has 0 radical (unpaired) electrons. The van der Waals surface area contributed by atoms with Crippen molar-refractivity contribution in [2.24, 2.45) is 0 Å². The summed E-state index contributed by atoms with van der Waals surface area (Å²) in [6, 6.07) is 45.7. The quantitative estimate of drug-likeness (QED) is 0.135. The van der Waals surface area contributed by atoms with Gasteiger partial charge in [0.15, 0.2) is 14.6 Å². The predicted octanol–water partition coefficient (Wildman–Crippen LogP) is 7.38. The molecule has 0 aromatic heterocycles. The van der Waals surface area contributed by atoms with Crippen molar-refractivity contribution < 1.29 is 27.9 Å². The summed E-state index contributed by atoms with van der Waals surface area (Å²) in [4.78, 5) is 0. The van der Waals surface area contributed by atoms with E-state index < -0.39 is 61.8 Å². The summed E-state index contributed by atoms with van der Waals surface area (Å²) in [5.74, 6) is 0. The van der Waals surface area contributed by atoms with Crippen LogP contribution in [0.1, 0.15) is 62.3 Å². The predicted molar refractivity (Wildman–Crippen MR) is 228 cm³/mol. The second-order valence-electron chi connectivity index (χ2n) is 17.1. The molecule has 6 rings (SSSR count). The lowest BCUT2D eigenvalue weighted by molar-refractivity contribution is -0.146. The number of aliphatic hydroxyl groups excluding tert-OH is 1. The van der Waals surface area contributed by atoms with Crippen LogP contribution in [0.25, 0.3) is 0 Å². The first-order valence-electron chi connectivity index (χ1n) is 20.0. The van der Waals surface area contributed by atoms with Crippen molar-refractivity contribution in [2.45, 2.75) is 127 Å². The molecule has 4 aromatic carbocycles. The molecule has 54 heavy (non-hydrogen) atoms. The fourth-order valence-electron chi connectivity index (χ4n) is 9.11. The van der Waals surface area contributed by atoms with E-state index in [1.807, 2.05) is 0 Å². The average molecular weight is 783 g/mol. The molecule has 2 aliphatic heterocycles. The van der Waals surface area contributed by atoms with Gasteiger partial charge >= 0.3 is 0 Å². The Balaban J connectivity index is 1.52. The van der Waals surface area contributed by atoms with Gasteiger partial charge in [0.1, 0.15) is 30.5 Å². The third kappa shape index (κ3) is 7.32. The highest BCUT2D eigenvalue weighted by Crippen LogP contribution is 2.47. The number of hydrogen-bond donors (Lipinski definition) is 1. The van der Waals surface area contributed by atoms with Crippen LogP contribution in [0.4, 0.5) is 0 Å². The van der Waals surface area contributed by atoms with Gasteiger partial charge in [0.25, 0.3) is 16.6 Å². The van der Waals surface area contributed by atoms with E-state index in [0.717, 1.165) is 18.1 Å². The van der Waals surface area contributed by atoms with Crippen LogP contribution < -0.4 is 20.7 Å². The summed E-state index contributed by atoms with van der Waals surface area (Å²) in [7, 11) is -8.35. The maximum Gasteiger partial charge on any atom is 0.261 e. The molecule has 2 aliphatic rings. The maximum absolute atomic E-state index is 11.1. The molecule has 0 saturated carbocycles. The molecule has 6 atom stereocenters. The molecular formula is C45H62O6Si3. The van der Waals surface area contributed by atoms with Crippen molar-refractivity contribution in [1.82, 2.24) is 0 Å². The van der Waals surface area contributed by atoms with E-state index in [1.54, 1.807) is 0 Å². The van der Waals surface area contributed by atoms with Crippen LogP contribution in [-0.2, 0) is 22.8 Å². The second-order valence-corrected chi connectivity index (χ2v) is 30.4. The van der Waals surface area contributed by atoms with Gasteiger partial charge in [0.2, 0.25) is 0 Å². The van der Waals surface area contributed by atoms with E-state index in [-0.39, 0.29) is 16.7 Å². The van der Waals surface area contributed by atoms with Crippen LogP contribution in [0.5, 0.6) is 0 Å². The van der Waals surface area contributed by atoms with Gasteiger partial charge in [-0.1, -0.05) is 184 Å². The number of benzene rings is 4. The fraction of sp³-hybridized carbons (Fsp3) is 0.467. The molecule has 1 unspecified atom stereocenters. The summed E-state index contributed by atoms with van der Waals surface area (Å²) in [6.45, 7) is 20.3. The minimum atomic E-state index is -3.08. The first kappa shape index (κ1) is 40.9. The van der Waals surface area contributed by atoms with E-state index in [9.17, 15) is 5.11 Å². The lowest BCUT2D eigenvalue weighted by atomic mass is 10.1. The minimum absolute atomic E-state index is 0.200. The number of rotatable bonds is 14. The summed E-state index contributed by atoms with van der Waals surface area (Å²) >= 11 is 0. The van der Waals surface area contributed by atoms with Crippen LogP contribution in [0.15, 0.2) is 121 Å². The van der Waals surface area contributed by atoms with Crippen LogP contribution in [0.2, 0.25) is 28.2 Å². The lowest BCUT2D eigenvalue weighted by Crippen LogP contribution is -2.69. The normalized spacial score (nSPS) is 23.7. The highest BCUT2D eigenvalue weighted by Gasteiger charge is 2.65. The molecular weight excluding hydrogens is 721 g/mol. The maximum atomic E-state index is 11.1. The van der Waals surface area contributed by atoms with E-state index in [4.69, 9.17) is 22.8 Å². The topological polar surface area (TPSA) is 66.4 Å². The van der Waals surface area contributed by atoms with Gasteiger partial charge in [0.05, 0.1) is 6.61 Å². The van der Waals surface area contributed by atoms with Gasteiger partial charge < -0.3 is 27.9 Å². The van der Waals surface area contributed by atoms with E-state index in [1.165, 1.54) is 20.7 Å².